The molecular weight excluding hydrogens is 296 g/mol. The molecule has 0 bridgehead atoms. The average Bonchev–Trinajstić information content (AvgIpc) is 2.90. The number of benzene rings is 1. The van der Waals surface area contributed by atoms with Crippen LogP contribution in [-0.4, -0.2) is 53.0 Å². The molecule has 1 aromatic carbocycles. The maximum absolute atomic E-state index is 11.4. The molecule has 1 aliphatic heterocycles. The summed E-state index contributed by atoms with van der Waals surface area (Å²) in [5.74, 6) is 5.29. The SMILES string of the molecule is C[C@H](O)[C@@H]1[C@H](CO)ON(Cc2cccc(C#CCN)c2)[C@@H]1C=O. The largest absolute Gasteiger partial charge is 0.394 e. The lowest BCUT2D eigenvalue weighted by atomic mass is 9.91. The van der Waals surface area contributed by atoms with Crippen molar-refractivity contribution in [2.45, 2.75) is 31.7 Å². The van der Waals surface area contributed by atoms with Gasteiger partial charge in [-0.25, -0.2) is 0 Å². The molecule has 6 heteroatoms. The number of nitrogens with zero attached hydrogens (tertiary/aromatic N) is 1. The van der Waals surface area contributed by atoms with E-state index in [0.29, 0.717) is 13.1 Å². The Labute approximate surface area is 135 Å². The summed E-state index contributed by atoms with van der Waals surface area (Å²) in [7, 11) is 0. The van der Waals surface area contributed by atoms with Crippen molar-refractivity contribution in [3.8, 4) is 11.8 Å². The predicted octanol–water partition coefficient (Wildman–Crippen LogP) is -0.331. The third-order valence-electron chi connectivity index (χ3n) is 3.90. The minimum Gasteiger partial charge on any atom is -0.394 e. The van der Waals surface area contributed by atoms with Gasteiger partial charge in [0.25, 0.3) is 0 Å². The molecule has 6 nitrogen and oxygen atoms in total. The van der Waals surface area contributed by atoms with Crippen LogP contribution in [-0.2, 0) is 16.2 Å². The monoisotopic (exact) mass is 318 g/mol. The average molecular weight is 318 g/mol. The lowest BCUT2D eigenvalue weighted by Crippen LogP contribution is -2.39. The summed E-state index contributed by atoms with van der Waals surface area (Å²) in [5.41, 5.74) is 7.12. The first-order valence-corrected chi connectivity index (χ1v) is 7.56. The van der Waals surface area contributed by atoms with Crippen molar-refractivity contribution >= 4 is 6.29 Å². The Morgan fingerprint density at radius 2 is 2.30 bits per heavy atom. The second-order valence-corrected chi connectivity index (χ2v) is 5.55. The van der Waals surface area contributed by atoms with E-state index in [9.17, 15) is 15.0 Å². The fourth-order valence-corrected chi connectivity index (χ4v) is 2.86. The van der Waals surface area contributed by atoms with Gasteiger partial charge in [0, 0.05) is 18.0 Å². The molecule has 0 unspecified atom stereocenters. The molecule has 1 fully saturated rings. The van der Waals surface area contributed by atoms with Gasteiger partial charge in [0.2, 0.25) is 0 Å². The number of rotatable bonds is 5. The van der Waals surface area contributed by atoms with E-state index in [1.807, 2.05) is 24.3 Å². The Hall–Kier alpha value is -1.75. The van der Waals surface area contributed by atoms with Crippen molar-refractivity contribution < 1.29 is 19.8 Å². The maximum Gasteiger partial charge on any atom is 0.140 e. The van der Waals surface area contributed by atoms with Crippen molar-refractivity contribution in [1.82, 2.24) is 5.06 Å². The molecule has 0 aromatic heterocycles. The number of aldehydes is 1. The highest BCUT2D eigenvalue weighted by Gasteiger charge is 2.45. The number of carbonyl (C=O) groups excluding carboxylic acids is 1. The predicted molar refractivity (Wildman–Crippen MR) is 84.9 cm³/mol. The van der Waals surface area contributed by atoms with Gasteiger partial charge < -0.3 is 20.7 Å². The van der Waals surface area contributed by atoms with Crippen molar-refractivity contribution in [1.29, 1.82) is 0 Å². The highest BCUT2D eigenvalue weighted by Crippen LogP contribution is 2.30. The second kappa shape index (κ2) is 8.20. The molecule has 2 rings (SSSR count). The smallest absolute Gasteiger partial charge is 0.140 e. The lowest BCUT2D eigenvalue weighted by Gasteiger charge is -2.22. The molecule has 0 amide bonds. The van der Waals surface area contributed by atoms with E-state index in [4.69, 9.17) is 10.6 Å². The number of aliphatic hydroxyl groups is 2. The third kappa shape index (κ3) is 4.16. The molecule has 1 heterocycles. The lowest BCUT2D eigenvalue weighted by molar-refractivity contribution is -0.177. The van der Waals surface area contributed by atoms with Gasteiger partial charge in [-0.3, -0.25) is 4.84 Å². The van der Waals surface area contributed by atoms with E-state index in [1.54, 1.807) is 6.92 Å². The number of carbonyl (C=O) groups is 1. The first kappa shape index (κ1) is 17.6. The van der Waals surface area contributed by atoms with Crippen LogP contribution in [0, 0.1) is 17.8 Å². The van der Waals surface area contributed by atoms with Gasteiger partial charge in [-0.15, -0.1) is 0 Å². The standard InChI is InChI=1S/C17H22N2O4/c1-12(22)17-15(10-20)19(23-16(17)11-21)9-14-5-2-4-13(8-14)6-3-7-18/h2,4-5,8,10,12,15-17,21-22H,7,9,11,18H2,1H3/t12-,15+,16-,17-/m0/s1. The molecule has 4 N–H and O–H groups in total. The molecule has 0 aliphatic carbocycles. The number of hydrogen-bond donors (Lipinski definition) is 3. The van der Waals surface area contributed by atoms with E-state index >= 15 is 0 Å². The third-order valence-corrected chi connectivity index (χ3v) is 3.90. The van der Waals surface area contributed by atoms with Gasteiger partial charge in [-0.05, 0) is 24.6 Å². The summed E-state index contributed by atoms with van der Waals surface area (Å²) in [5, 5.41) is 20.8. The van der Waals surface area contributed by atoms with Gasteiger partial charge in [-0.2, -0.15) is 5.06 Å². The maximum atomic E-state index is 11.4. The van der Waals surface area contributed by atoms with Crippen LogP contribution in [0.5, 0.6) is 0 Å². The van der Waals surface area contributed by atoms with Crippen LogP contribution in [0.3, 0.4) is 0 Å². The molecule has 4 atom stereocenters. The van der Waals surface area contributed by atoms with Crippen LogP contribution in [0.1, 0.15) is 18.1 Å². The molecule has 23 heavy (non-hydrogen) atoms. The molecule has 0 saturated carbocycles. The molecule has 1 saturated heterocycles. The molecule has 1 aromatic rings. The fourth-order valence-electron chi connectivity index (χ4n) is 2.86. The zero-order valence-corrected chi connectivity index (χ0v) is 13.1. The minimum atomic E-state index is -0.755. The van der Waals surface area contributed by atoms with Crippen molar-refractivity contribution in [3.05, 3.63) is 35.4 Å². The topological polar surface area (TPSA) is 96.0 Å². The van der Waals surface area contributed by atoms with Crippen LogP contribution in [0.15, 0.2) is 24.3 Å². The van der Waals surface area contributed by atoms with E-state index < -0.39 is 24.2 Å². The Balaban J connectivity index is 2.17. The van der Waals surface area contributed by atoms with Crippen LogP contribution < -0.4 is 5.73 Å². The van der Waals surface area contributed by atoms with E-state index in [1.165, 1.54) is 5.06 Å². The first-order valence-electron chi connectivity index (χ1n) is 7.56. The Bertz CT molecular complexity index is 594. The van der Waals surface area contributed by atoms with E-state index in [0.717, 1.165) is 17.4 Å². The summed E-state index contributed by atoms with van der Waals surface area (Å²) in [6.45, 7) is 2.00. The summed E-state index contributed by atoms with van der Waals surface area (Å²) in [6, 6.07) is 6.95. The number of hydrogen-bond acceptors (Lipinski definition) is 6. The van der Waals surface area contributed by atoms with Crippen LogP contribution in [0.2, 0.25) is 0 Å². The Morgan fingerprint density at radius 1 is 1.52 bits per heavy atom. The second-order valence-electron chi connectivity index (χ2n) is 5.55. The molecule has 0 spiro atoms. The summed E-state index contributed by atoms with van der Waals surface area (Å²) >= 11 is 0. The van der Waals surface area contributed by atoms with Crippen LogP contribution in [0.25, 0.3) is 0 Å². The normalized spacial score (nSPS) is 25.7. The quantitative estimate of drug-likeness (QED) is 0.508. The summed E-state index contributed by atoms with van der Waals surface area (Å²) < 4.78 is 0. The highest BCUT2D eigenvalue weighted by molar-refractivity contribution is 5.59. The summed E-state index contributed by atoms with van der Waals surface area (Å²) in [6.07, 6.45) is -0.593. The molecule has 0 radical (unpaired) electrons. The van der Waals surface area contributed by atoms with Gasteiger partial charge >= 0.3 is 0 Å². The zero-order chi connectivity index (χ0) is 16.8. The molecule has 1 aliphatic rings. The van der Waals surface area contributed by atoms with Gasteiger partial charge in [0.1, 0.15) is 12.4 Å². The van der Waals surface area contributed by atoms with Crippen molar-refractivity contribution in [2.24, 2.45) is 11.7 Å². The Kier molecular flexibility index (Phi) is 6.28. The van der Waals surface area contributed by atoms with Crippen molar-refractivity contribution in [3.63, 3.8) is 0 Å². The van der Waals surface area contributed by atoms with E-state index in [2.05, 4.69) is 11.8 Å². The van der Waals surface area contributed by atoms with E-state index in [-0.39, 0.29) is 6.61 Å². The molecular formula is C17H22N2O4. The number of nitrogens with two attached hydrogens (primary N) is 1. The minimum absolute atomic E-state index is 0.252. The van der Waals surface area contributed by atoms with Gasteiger partial charge in [-0.1, -0.05) is 24.0 Å². The zero-order valence-electron chi connectivity index (χ0n) is 13.1. The van der Waals surface area contributed by atoms with Crippen LogP contribution in [0.4, 0.5) is 0 Å². The first-order chi connectivity index (χ1) is 11.1. The van der Waals surface area contributed by atoms with Crippen LogP contribution >= 0.6 is 0 Å². The summed E-state index contributed by atoms with van der Waals surface area (Å²) in [4.78, 5) is 17.1. The number of aliphatic hydroxyl groups excluding tert-OH is 2. The molecule has 124 valence electrons. The highest BCUT2D eigenvalue weighted by atomic mass is 16.7. The van der Waals surface area contributed by atoms with Gasteiger partial charge in [0.15, 0.2) is 0 Å². The Morgan fingerprint density at radius 3 is 2.91 bits per heavy atom. The van der Waals surface area contributed by atoms with Crippen molar-refractivity contribution in [2.75, 3.05) is 13.2 Å². The number of hydroxylamine groups is 2. The fraction of sp³-hybridized carbons (Fsp3) is 0.471. The van der Waals surface area contributed by atoms with Gasteiger partial charge in [0.05, 0.1) is 25.3 Å².